The Balaban J connectivity index is 2.04. The fourth-order valence-electron chi connectivity index (χ4n) is 2.45. The highest BCUT2D eigenvalue weighted by molar-refractivity contribution is 9.10. The highest BCUT2D eigenvalue weighted by Gasteiger charge is 2.31. The van der Waals surface area contributed by atoms with Gasteiger partial charge in [-0.15, -0.1) is 0 Å². The average molecular weight is 297 g/mol. The number of rotatable bonds is 3. The van der Waals surface area contributed by atoms with E-state index in [1.54, 1.807) is 0 Å². The molecule has 1 amide bonds. The first-order valence-electron chi connectivity index (χ1n) is 5.98. The number of para-hydroxylation sites is 1. The Morgan fingerprint density at radius 2 is 2.18 bits per heavy atom. The van der Waals surface area contributed by atoms with Gasteiger partial charge in [0.15, 0.2) is 0 Å². The van der Waals surface area contributed by atoms with Gasteiger partial charge in [0.05, 0.1) is 5.69 Å². The number of carbonyl (C=O) groups excluding carboxylic acids is 1. The molecule has 1 aliphatic carbocycles. The van der Waals surface area contributed by atoms with Gasteiger partial charge in [0.25, 0.3) is 0 Å². The van der Waals surface area contributed by atoms with E-state index < -0.39 is 0 Å². The smallest absolute Gasteiger partial charge is 0.227 e. The lowest BCUT2D eigenvalue weighted by atomic mass is 9.95. The maximum absolute atomic E-state index is 12.1. The van der Waals surface area contributed by atoms with E-state index in [1.165, 1.54) is 0 Å². The Morgan fingerprint density at radius 3 is 2.88 bits per heavy atom. The van der Waals surface area contributed by atoms with Gasteiger partial charge in [-0.1, -0.05) is 18.6 Å². The van der Waals surface area contributed by atoms with E-state index in [2.05, 4.69) is 21.2 Å². The summed E-state index contributed by atoms with van der Waals surface area (Å²) < 4.78 is 0.913. The second-order valence-corrected chi connectivity index (χ2v) is 5.36. The van der Waals surface area contributed by atoms with E-state index in [0.29, 0.717) is 12.5 Å². The van der Waals surface area contributed by atoms with Crippen molar-refractivity contribution in [1.29, 1.82) is 0 Å². The van der Waals surface area contributed by atoms with Crippen molar-refractivity contribution >= 4 is 27.5 Å². The van der Waals surface area contributed by atoms with Gasteiger partial charge in [-0.25, -0.2) is 0 Å². The number of benzene rings is 1. The molecule has 1 aromatic carbocycles. The first-order valence-corrected chi connectivity index (χ1v) is 6.77. The summed E-state index contributed by atoms with van der Waals surface area (Å²) in [6.07, 6.45) is 3.14. The minimum absolute atomic E-state index is 0.0760. The van der Waals surface area contributed by atoms with Crippen LogP contribution in [0.2, 0.25) is 0 Å². The standard InChI is InChI=1S/C13H17BrN2O/c14-11-6-1-2-7-12(11)16-13(17)10-5-3-4-9(10)8-15/h1-2,6-7,9-10H,3-5,8,15H2,(H,16,17). The van der Waals surface area contributed by atoms with Gasteiger partial charge in [0, 0.05) is 10.4 Å². The van der Waals surface area contributed by atoms with Crippen molar-refractivity contribution in [3.8, 4) is 0 Å². The van der Waals surface area contributed by atoms with Crippen LogP contribution in [0.25, 0.3) is 0 Å². The van der Waals surface area contributed by atoms with E-state index in [1.807, 2.05) is 24.3 Å². The van der Waals surface area contributed by atoms with E-state index in [0.717, 1.165) is 29.4 Å². The molecule has 0 heterocycles. The Kier molecular flexibility index (Phi) is 4.18. The molecular formula is C13H17BrN2O. The molecule has 4 heteroatoms. The zero-order valence-electron chi connectivity index (χ0n) is 9.66. The number of carbonyl (C=O) groups is 1. The number of nitrogens with one attached hydrogen (secondary N) is 1. The third kappa shape index (κ3) is 2.87. The molecule has 92 valence electrons. The average Bonchev–Trinajstić information content (AvgIpc) is 2.80. The normalized spacial score (nSPS) is 23.6. The zero-order chi connectivity index (χ0) is 12.3. The summed E-state index contributed by atoms with van der Waals surface area (Å²) >= 11 is 3.43. The lowest BCUT2D eigenvalue weighted by Crippen LogP contribution is -2.29. The number of hydrogen-bond acceptors (Lipinski definition) is 2. The zero-order valence-corrected chi connectivity index (χ0v) is 11.2. The summed E-state index contributed by atoms with van der Waals surface area (Å²) in [6, 6.07) is 7.66. The van der Waals surface area contributed by atoms with Crippen molar-refractivity contribution in [3.05, 3.63) is 28.7 Å². The summed E-state index contributed by atoms with van der Waals surface area (Å²) in [5, 5.41) is 2.98. The van der Waals surface area contributed by atoms with Gasteiger partial charge in [-0.05, 0) is 53.4 Å². The first-order chi connectivity index (χ1) is 8.22. The molecule has 0 aliphatic heterocycles. The lowest BCUT2D eigenvalue weighted by molar-refractivity contribution is -0.120. The van der Waals surface area contributed by atoms with Crippen molar-refractivity contribution in [2.75, 3.05) is 11.9 Å². The number of hydrogen-bond donors (Lipinski definition) is 2. The lowest BCUT2D eigenvalue weighted by Gasteiger charge is -2.17. The predicted molar refractivity (Wildman–Crippen MR) is 72.7 cm³/mol. The van der Waals surface area contributed by atoms with Gasteiger partial charge in [-0.2, -0.15) is 0 Å². The number of halogens is 1. The fraction of sp³-hybridized carbons (Fsp3) is 0.462. The first kappa shape index (κ1) is 12.6. The molecular weight excluding hydrogens is 280 g/mol. The molecule has 1 aromatic rings. The van der Waals surface area contributed by atoms with Crippen LogP contribution in [-0.4, -0.2) is 12.5 Å². The fourth-order valence-corrected chi connectivity index (χ4v) is 2.84. The van der Waals surface area contributed by atoms with Gasteiger partial charge in [0.2, 0.25) is 5.91 Å². The minimum Gasteiger partial charge on any atom is -0.330 e. The van der Waals surface area contributed by atoms with Crippen molar-refractivity contribution in [2.24, 2.45) is 17.6 Å². The summed E-state index contributed by atoms with van der Waals surface area (Å²) in [4.78, 5) is 12.1. The van der Waals surface area contributed by atoms with E-state index in [9.17, 15) is 4.79 Å². The van der Waals surface area contributed by atoms with Crippen LogP contribution in [0.4, 0.5) is 5.69 Å². The Labute approximate surface area is 110 Å². The maximum Gasteiger partial charge on any atom is 0.227 e. The van der Waals surface area contributed by atoms with Crippen LogP contribution in [0.15, 0.2) is 28.7 Å². The van der Waals surface area contributed by atoms with Crippen LogP contribution in [0.5, 0.6) is 0 Å². The Bertz CT molecular complexity index is 408. The van der Waals surface area contributed by atoms with E-state index >= 15 is 0 Å². The van der Waals surface area contributed by atoms with Gasteiger partial charge in [0.1, 0.15) is 0 Å². The summed E-state index contributed by atoms with van der Waals surface area (Å²) in [5.41, 5.74) is 6.53. The molecule has 0 radical (unpaired) electrons. The molecule has 0 bridgehead atoms. The van der Waals surface area contributed by atoms with Crippen molar-refractivity contribution < 1.29 is 4.79 Å². The molecule has 1 fully saturated rings. The summed E-state index contributed by atoms with van der Waals surface area (Å²) in [7, 11) is 0. The van der Waals surface area contributed by atoms with Crippen molar-refractivity contribution in [3.63, 3.8) is 0 Å². The molecule has 1 aliphatic rings. The topological polar surface area (TPSA) is 55.1 Å². The van der Waals surface area contributed by atoms with Crippen LogP contribution in [0, 0.1) is 11.8 Å². The Morgan fingerprint density at radius 1 is 1.41 bits per heavy atom. The Hall–Kier alpha value is -0.870. The third-order valence-corrected chi connectivity index (χ3v) is 4.12. The molecule has 0 spiro atoms. The predicted octanol–water partition coefficient (Wildman–Crippen LogP) is 2.76. The molecule has 0 aromatic heterocycles. The quantitative estimate of drug-likeness (QED) is 0.901. The highest BCUT2D eigenvalue weighted by Crippen LogP contribution is 2.32. The van der Waals surface area contributed by atoms with Gasteiger partial charge < -0.3 is 11.1 Å². The van der Waals surface area contributed by atoms with Gasteiger partial charge in [-0.3, -0.25) is 4.79 Å². The second-order valence-electron chi connectivity index (χ2n) is 4.50. The molecule has 3 N–H and O–H groups in total. The maximum atomic E-state index is 12.1. The number of nitrogens with two attached hydrogens (primary N) is 1. The largest absolute Gasteiger partial charge is 0.330 e. The molecule has 0 saturated heterocycles. The van der Waals surface area contributed by atoms with Crippen molar-refractivity contribution in [2.45, 2.75) is 19.3 Å². The third-order valence-electron chi connectivity index (χ3n) is 3.43. The minimum atomic E-state index is 0.0760. The molecule has 1 saturated carbocycles. The summed E-state index contributed by atoms with van der Waals surface area (Å²) in [6.45, 7) is 0.605. The highest BCUT2D eigenvalue weighted by atomic mass is 79.9. The van der Waals surface area contributed by atoms with Gasteiger partial charge >= 0.3 is 0 Å². The summed E-state index contributed by atoms with van der Waals surface area (Å²) in [5.74, 6) is 0.523. The molecule has 2 unspecified atom stereocenters. The number of amides is 1. The van der Waals surface area contributed by atoms with E-state index in [-0.39, 0.29) is 11.8 Å². The van der Waals surface area contributed by atoms with Crippen molar-refractivity contribution in [1.82, 2.24) is 0 Å². The second kappa shape index (κ2) is 5.65. The number of anilines is 1. The van der Waals surface area contributed by atoms with Crippen LogP contribution >= 0.6 is 15.9 Å². The molecule has 2 atom stereocenters. The van der Waals surface area contributed by atoms with E-state index in [4.69, 9.17) is 5.73 Å². The monoisotopic (exact) mass is 296 g/mol. The SMILES string of the molecule is NCC1CCCC1C(=O)Nc1ccccc1Br. The van der Waals surface area contributed by atoms with Crippen LogP contribution < -0.4 is 11.1 Å². The molecule has 17 heavy (non-hydrogen) atoms. The van der Waals surface area contributed by atoms with Crippen LogP contribution in [-0.2, 0) is 4.79 Å². The molecule has 3 nitrogen and oxygen atoms in total. The molecule has 2 rings (SSSR count). The van der Waals surface area contributed by atoms with Crippen LogP contribution in [0.1, 0.15) is 19.3 Å². The van der Waals surface area contributed by atoms with Crippen LogP contribution in [0.3, 0.4) is 0 Å².